The third-order valence-corrected chi connectivity index (χ3v) is 5.55. The van der Waals surface area contributed by atoms with Gasteiger partial charge in [-0.05, 0) is 51.1 Å². The molecule has 1 aromatic heterocycles. The Morgan fingerprint density at radius 2 is 2.15 bits per heavy atom. The van der Waals surface area contributed by atoms with Crippen molar-refractivity contribution in [2.45, 2.75) is 45.6 Å². The van der Waals surface area contributed by atoms with Gasteiger partial charge < -0.3 is 5.32 Å². The molecule has 1 aliphatic carbocycles. The summed E-state index contributed by atoms with van der Waals surface area (Å²) in [5.74, 6) is 0. The Morgan fingerprint density at radius 3 is 2.85 bits per heavy atom. The minimum absolute atomic E-state index is 0. The lowest BCUT2D eigenvalue weighted by Crippen LogP contribution is -2.34. The molecule has 0 spiro atoms. The molecule has 0 radical (unpaired) electrons. The van der Waals surface area contributed by atoms with E-state index in [0.717, 1.165) is 13.1 Å². The minimum Gasteiger partial charge on any atom is -0.316 e. The summed E-state index contributed by atoms with van der Waals surface area (Å²) in [6.07, 6.45) is 6.45. The number of nitrogens with zero attached hydrogens (tertiary/aromatic N) is 2. The van der Waals surface area contributed by atoms with Gasteiger partial charge in [-0.25, -0.2) is 4.98 Å². The number of aromatic nitrogens is 1. The lowest BCUT2D eigenvalue weighted by atomic mass is 9.89. The number of rotatable bonds is 4. The molecule has 20 heavy (non-hydrogen) atoms. The van der Waals surface area contributed by atoms with Gasteiger partial charge in [0.25, 0.3) is 0 Å². The van der Waals surface area contributed by atoms with E-state index in [1.54, 1.807) is 4.88 Å². The van der Waals surface area contributed by atoms with Crippen molar-refractivity contribution in [3.05, 3.63) is 15.6 Å². The quantitative estimate of drug-likeness (QED) is 0.926. The SMILES string of the molecule is CN(Cc1nc2c(s1)CCCC2)CC1(C)CCNC1.Cl. The maximum Gasteiger partial charge on any atom is 0.107 e. The molecule has 1 aromatic rings. The molecule has 2 aliphatic rings. The highest BCUT2D eigenvalue weighted by Gasteiger charge is 2.30. The minimum atomic E-state index is 0. The molecule has 2 heterocycles. The number of fused-ring (bicyclic) bond motifs is 1. The van der Waals surface area contributed by atoms with Crippen LogP contribution in [0.1, 0.15) is 41.8 Å². The van der Waals surface area contributed by atoms with Gasteiger partial charge in [-0.15, -0.1) is 23.7 Å². The molecule has 0 saturated carbocycles. The predicted octanol–water partition coefficient (Wildman–Crippen LogP) is 2.88. The fourth-order valence-corrected chi connectivity index (χ4v) is 4.65. The zero-order chi connectivity index (χ0) is 13.3. The molecule has 1 N–H and O–H groups in total. The fourth-order valence-electron chi connectivity index (χ4n) is 3.42. The summed E-state index contributed by atoms with van der Waals surface area (Å²) in [4.78, 5) is 8.86. The van der Waals surface area contributed by atoms with Crippen molar-refractivity contribution in [2.75, 3.05) is 26.7 Å². The van der Waals surface area contributed by atoms with Gasteiger partial charge in [-0.2, -0.15) is 0 Å². The summed E-state index contributed by atoms with van der Waals surface area (Å²) >= 11 is 1.95. The van der Waals surface area contributed by atoms with Gasteiger partial charge in [0.2, 0.25) is 0 Å². The fraction of sp³-hybridized carbons (Fsp3) is 0.800. The number of thiazole rings is 1. The Labute approximate surface area is 132 Å². The number of aryl methyl sites for hydroxylation is 2. The predicted molar refractivity (Wildman–Crippen MR) is 87.9 cm³/mol. The van der Waals surface area contributed by atoms with Crippen LogP contribution in [0.3, 0.4) is 0 Å². The van der Waals surface area contributed by atoms with E-state index < -0.39 is 0 Å². The molecule has 1 saturated heterocycles. The average Bonchev–Trinajstić information content (AvgIpc) is 2.94. The second-order valence-corrected chi connectivity index (χ2v) is 7.76. The van der Waals surface area contributed by atoms with E-state index in [4.69, 9.17) is 4.98 Å². The first-order chi connectivity index (χ1) is 9.15. The Hall–Kier alpha value is -0.160. The van der Waals surface area contributed by atoms with Crippen LogP contribution >= 0.6 is 23.7 Å². The van der Waals surface area contributed by atoms with Crippen LogP contribution in [0.2, 0.25) is 0 Å². The average molecular weight is 316 g/mol. The van der Waals surface area contributed by atoms with Crippen LogP contribution in [0.5, 0.6) is 0 Å². The van der Waals surface area contributed by atoms with Crippen molar-refractivity contribution < 1.29 is 0 Å². The van der Waals surface area contributed by atoms with Crippen LogP contribution in [-0.4, -0.2) is 36.6 Å². The lowest BCUT2D eigenvalue weighted by molar-refractivity contribution is 0.203. The summed E-state index contributed by atoms with van der Waals surface area (Å²) in [5, 5.41) is 4.81. The Morgan fingerprint density at radius 1 is 1.35 bits per heavy atom. The zero-order valence-electron chi connectivity index (χ0n) is 12.6. The molecular weight excluding hydrogens is 290 g/mol. The van der Waals surface area contributed by atoms with Crippen LogP contribution < -0.4 is 5.32 Å². The number of nitrogens with one attached hydrogen (secondary N) is 1. The summed E-state index contributed by atoms with van der Waals surface area (Å²) in [5.41, 5.74) is 1.85. The summed E-state index contributed by atoms with van der Waals surface area (Å²) in [6.45, 7) is 6.93. The number of hydrogen-bond acceptors (Lipinski definition) is 4. The standard InChI is InChI=1S/C15H25N3S.ClH/c1-15(7-8-16-10-15)11-18(2)9-14-17-12-5-3-4-6-13(12)19-14;/h16H,3-11H2,1-2H3;1H. The highest BCUT2D eigenvalue weighted by Crippen LogP contribution is 2.29. The summed E-state index contributed by atoms with van der Waals surface area (Å²) in [6, 6.07) is 0. The first kappa shape index (κ1) is 16.2. The van der Waals surface area contributed by atoms with Gasteiger partial charge in [0.05, 0.1) is 12.2 Å². The van der Waals surface area contributed by atoms with E-state index in [1.807, 2.05) is 11.3 Å². The summed E-state index contributed by atoms with van der Waals surface area (Å²) in [7, 11) is 2.24. The number of hydrogen-bond donors (Lipinski definition) is 1. The molecule has 1 aliphatic heterocycles. The van der Waals surface area contributed by atoms with Crippen molar-refractivity contribution in [1.82, 2.24) is 15.2 Å². The molecule has 1 fully saturated rings. The molecule has 0 aromatic carbocycles. The molecular formula is C15H26ClN3S. The Kier molecular flexibility index (Phi) is 5.46. The van der Waals surface area contributed by atoms with Crippen molar-refractivity contribution in [1.29, 1.82) is 0 Å². The molecule has 3 rings (SSSR count). The molecule has 114 valence electrons. The van der Waals surface area contributed by atoms with Crippen LogP contribution in [0, 0.1) is 5.41 Å². The van der Waals surface area contributed by atoms with E-state index in [1.165, 1.54) is 55.9 Å². The Bertz CT molecular complexity index is 417. The van der Waals surface area contributed by atoms with Crippen molar-refractivity contribution in [3.63, 3.8) is 0 Å². The van der Waals surface area contributed by atoms with E-state index in [-0.39, 0.29) is 12.4 Å². The van der Waals surface area contributed by atoms with Crippen LogP contribution in [-0.2, 0) is 19.4 Å². The van der Waals surface area contributed by atoms with E-state index in [0.29, 0.717) is 5.41 Å². The van der Waals surface area contributed by atoms with Gasteiger partial charge in [0.1, 0.15) is 5.01 Å². The van der Waals surface area contributed by atoms with Crippen LogP contribution in [0.4, 0.5) is 0 Å². The highest BCUT2D eigenvalue weighted by atomic mass is 35.5. The number of halogens is 1. The third kappa shape index (κ3) is 3.73. The second kappa shape index (κ2) is 6.73. The van der Waals surface area contributed by atoms with E-state index in [9.17, 15) is 0 Å². The first-order valence-electron chi connectivity index (χ1n) is 7.51. The molecule has 1 unspecified atom stereocenters. The topological polar surface area (TPSA) is 28.2 Å². The monoisotopic (exact) mass is 315 g/mol. The normalized spacial score (nSPS) is 25.6. The van der Waals surface area contributed by atoms with Gasteiger partial charge in [0.15, 0.2) is 0 Å². The second-order valence-electron chi connectivity index (χ2n) is 6.59. The molecule has 1 atom stereocenters. The summed E-state index contributed by atoms with van der Waals surface area (Å²) < 4.78 is 0. The third-order valence-electron chi connectivity index (χ3n) is 4.40. The molecule has 0 amide bonds. The Balaban J connectivity index is 0.00000147. The van der Waals surface area contributed by atoms with Crippen LogP contribution in [0.15, 0.2) is 0 Å². The van der Waals surface area contributed by atoms with Crippen molar-refractivity contribution in [3.8, 4) is 0 Å². The maximum atomic E-state index is 4.85. The van der Waals surface area contributed by atoms with E-state index in [2.05, 4.69) is 24.2 Å². The van der Waals surface area contributed by atoms with Gasteiger partial charge in [-0.3, -0.25) is 4.90 Å². The largest absolute Gasteiger partial charge is 0.316 e. The highest BCUT2D eigenvalue weighted by molar-refractivity contribution is 7.11. The lowest BCUT2D eigenvalue weighted by Gasteiger charge is -2.28. The first-order valence-corrected chi connectivity index (χ1v) is 8.33. The molecule has 3 nitrogen and oxygen atoms in total. The zero-order valence-corrected chi connectivity index (χ0v) is 14.2. The van der Waals surface area contributed by atoms with Crippen molar-refractivity contribution in [2.24, 2.45) is 5.41 Å². The van der Waals surface area contributed by atoms with Gasteiger partial charge >= 0.3 is 0 Å². The molecule has 5 heteroatoms. The van der Waals surface area contributed by atoms with E-state index >= 15 is 0 Å². The molecule has 0 bridgehead atoms. The van der Waals surface area contributed by atoms with Crippen molar-refractivity contribution >= 4 is 23.7 Å². The van der Waals surface area contributed by atoms with Crippen LogP contribution in [0.25, 0.3) is 0 Å². The van der Waals surface area contributed by atoms with Gasteiger partial charge in [-0.1, -0.05) is 6.92 Å². The smallest absolute Gasteiger partial charge is 0.107 e. The maximum absolute atomic E-state index is 4.85. The van der Waals surface area contributed by atoms with Gasteiger partial charge in [0, 0.05) is 18.0 Å².